The number of benzene rings is 2. The first-order valence-electron chi connectivity index (χ1n) is 12.6. The first kappa shape index (κ1) is 24.9. The highest BCUT2D eigenvalue weighted by atomic mass is 19.4. The molecule has 0 spiro atoms. The molecule has 2 aromatic carbocycles. The van der Waals surface area contributed by atoms with Crippen molar-refractivity contribution in [1.82, 2.24) is 10.3 Å². The summed E-state index contributed by atoms with van der Waals surface area (Å²) in [6, 6.07) is 13.3. The molecule has 0 radical (unpaired) electrons. The van der Waals surface area contributed by atoms with Crippen molar-refractivity contribution in [1.29, 1.82) is 0 Å². The number of carboxylic acid groups (broad SMARTS) is 1. The highest BCUT2D eigenvalue weighted by Gasteiger charge is 2.44. The number of carbonyl (C=O) groups is 1. The molecule has 2 aromatic heterocycles. The van der Waals surface area contributed by atoms with Crippen LogP contribution in [-0.4, -0.2) is 21.4 Å². The van der Waals surface area contributed by atoms with Gasteiger partial charge in [-0.25, -0.2) is 6.57 Å². The van der Waals surface area contributed by atoms with Crippen molar-refractivity contribution in [2.75, 3.05) is 0 Å². The molecule has 0 amide bonds. The SMILES string of the molecule is [C-]#[N+]C(CC1CC(C(=O)O)C1)c1ccc2c(c1)CCc1c-2noc1-c1onc(-c2ccccc2)c1C(F)(F)F. The van der Waals surface area contributed by atoms with Crippen LogP contribution in [0.5, 0.6) is 0 Å². The van der Waals surface area contributed by atoms with Crippen LogP contribution in [0.4, 0.5) is 13.2 Å². The highest BCUT2D eigenvalue weighted by Crippen LogP contribution is 2.47. The van der Waals surface area contributed by atoms with Crippen molar-refractivity contribution in [2.24, 2.45) is 11.8 Å². The van der Waals surface area contributed by atoms with Crippen molar-refractivity contribution in [3.63, 3.8) is 0 Å². The summed E-state index contributed by atoms with van der Waals surface area (Å²) in [7, 11) is 0. The number of carboxylic acids is 1. The van der Waals surface area contributed by atoms with Gasteiger partial charge in [-0.1, -0.05) is 52.8 Å². The van der Waals surface area contributed by atoms with Crippen molar-refractivity contribution < 1.29 is 32.1 Å². The van der Waals surface area contributed by atoms with Crippen molar-refractivity contribution >= 4 is 5.97 Å². The molecule has 1 atom stereocenters. The predicted molar refractivity (Wildman–Crippen MR) is 133 cm³/mol. The zero-order chi connectivity index (χ0) is 27.3. The molecule has 1 unspecified atom stereocenters. The van der Waals surface area contributed by atoms with Gasteiger partial charge in [0.1, 0.15) is 17.0 Å². The molecule has 0 aliphatic heterocycles. The molecule has 1 N–H and O–H groups in total. The third kappa shape index (κ3) is 4.38. The van der Waals surface area contributed by atoms with Gasteiger partial charge in [0.05, 0.1) is 5.92 Å². The summed E-state index contributed by atoms with van der Waals surface area (Å²) >= 11 is 0. The molecule has 39 heavy (non-hydrogen) atoms. The van der Waals surface area contributed by atoms with E-state index in [2.05, 4.69) is 15.2 Å². The molecule has 198 valence electrons. The van der Waals surface area contributed by atoms with Crippen molar-refractivity contribution in [3.05, 3.63) is 82.2 Å². The first-order valence-corrected chi connectivity index (χ1v) is 12.6. The largest absolute Gasteiger partial charge is 0.481 e. The summed E-state index contributed by atoms with van der Waals surface area (Å²) < 4.78 is 53.3. The molecule has 7 nitrogen and oxygen atoms in total. The number of nitrogens with zero attached hydrogens (tertiary/aromatic N) is 3. The zero-order valence-electron chi connectivity index (χ0n) is 20.5. The van der Waals surface area contributed by atoms with Crippen LogP contribution in [0.1, 0.15) is 47.6 Å². The second-order valence-corrected chi connectivity index (χ2v) is 10.1. The lowest BCUT2D eigenvalue weighted by molar-refractivity contribution is -0.146. The number of halogens is 3. The summed E-state index contributed by atoms with van der Waals surface area (Å²) in [5, 5.41) is 17.0. The number of rotatable bonds is 6. The average molecular weight is 534 g/mol. The number of aryl methyl sites for hydroxylation is 1. The third-order valence-electron chi connectivity index (χ3n) is 7.73. The quantitative estimate of drug-likeness (QED) is 0.263. The van der Waals surface area contributed by atoms with E-state index in [0.717, 1.165) is 16.7 Å². The van der Waals surface area contributed by atoms with Crippen LogP contribution in [0.2, 0.25) is 0 Å². The Morgan fingerprint density at radius 3 is 2.46 bits per heavy atom. The Hall–Kier alpha value is -4.39. The van der Waals surface area contributed by atoms with E-state index >= 15 is 0 Å². The molecule has 6 rings (SSSR count). The maximum absolute atomic E-state index is 14.2. The Morgan fingerprint density at radius 1 is 1.05 bits per heavy atom. The number of fused-ring (bicyclic) bond motifs is 3. The minimum atomic E-state index is -4.73. The number of hydrogen-bond acceptors (Lipinski definition) is 5. The third-order valence-corrected chi connectivity index (χ3v) is 7.73. The van der Waals surface area contributed by atoms with Crippen LogP contribution in [-0.2, 0) is 23.8 Å². The van der Waals surface area contributed by atoms with E-state index < -0.39 is 23.5 Å². The lowest BCUT2D eigenvalue weighted by atomic mass is 9.71. The van der Waals surface area contributed by atoms with E-state index in [4.69, 9.17) is 20.7 Å². The Labute approximate surface area is 221 Å². The predicted octanol–water partition coefficient (Wildman–Crippen LogP) is 7.24. The van der Waals surface area contributed by atoms with E-state index in [0.29, 0.717) is 43.4 Å². The molecule has 10 heteroatoms. The molecular weight excluding hydrogens is 511 g/mol. The lowest BCUT2D eigenvalue weighted by Crippen LogP contribution is -2.31. The van der Waals surface area contributed by atoms with E-state index in [1.807, 2.05) is 18.2 Å². The van der Waals surface area contributed by atoms with Gasteiger partial charge in [0.2, 0.25) is 17.6 Å². The maximum atomic E-state index is 14.2. The van der Waals surface area contributed by atoms with Crippen LogP contribution < -0.4 is 0 Å². The molecule has 2 heterocycles. The molecular formula is C29H22F3N3O4. The van der Waals surface area contributed by atoms with Gasteiger partial charge in [0.15, 0.2) is 0 Å². The van der Waals surface area contributed by atoms with E-state index in [-0.39, 0.29) is 34.9 Å². The summed E-state index contributed by atoms with van der Waals surface area (Å²) in [4.78, 5) is 14.9. The first-order chi connectivity index (χ1) is 18.7. The van der Waals surface area contributed by atoms with Gasteiger partial charge in [-0.05, 0) is 43.2 Å². The minimum absolute atomic E-state index is 0.0845. The molecule has 2 aliphatic rings. The van der Waals surface area contributed by atoms with Gasteiger partial charge in [-0.2, -0.15) is 13.2 Å². The van der Waals surface area contributed by atoms with Crippen LogP contribution in [0.3, 0.4) is 0 Å². The van der Waals surface area contributed by atoms with Gasteiger partial charge in [-0.3, -0.25) is 4.79 Å². The molecule has 1 saturated carbocycles. The second kappa shape index (κ2) is 9.42. The summed E-state index contributed by atoms with van der Waals surface area (Å²) in [6.07, 6.45) is -2.05. The fourth-order valence-electron chi connectivity index (χ4n) is 5.66. The Bertz CT molecular complexity index is 1590. The number of aliphatic carboxylic acids is 1. The number of alkyl halides is 3. The van der Waals surface area contributed by atoms with Crippen LogP contribution >= 0.6 is 0 Å². The molecule has 1 fully saturated rings. The van der Waals surface area contributed by atoms with Gasteiger partial charge in [0, 0.05) is 28.7 Å². The molecule has 2 aliphatic carbocycles. The molecule has 0 bridgehead atoms. The van der Waals surface area contributed by atoms with Gasteiger partial charge in [0.25, 0.3) is 0 Å². The van der Waals surface area contributed by atoms with Gasteiger partial charge in [-0.15, -0.1) is 0 Å². The van der Waals surface area contributed by atoms with Gasteiger partial charge < -0.3 is 19.0 Å². The van der Waals surface area contributed by atoms with Gasteiger partial charge >= 0.3 is 12.1 Å². The summed E-state index contributed by atoms with van der Waals surface area (Å²) in [5.41, 5.74) is 2.45. The van der Waals surface area contributed by atoms with Crippen LogP contribution in [0, 0.1) is 18.4 Å². The van der Waals surface area contributed by atoms with E-state index in [1.165, 1.54) is 12.1 Å². The van der Waals surface area contributed by atoms with Crippen molar-refractivity contribution in [2.45, 2.75) is 44.3 Å². The maximum Gasteiger partial charge on any atom is 0.422 e. The average Bonchev–Trinajstić information content (AvgIpc) is 3.53. The monoisotopic (exact) mass is 533 g/mol. The number of aromatic nitrogens is 2. The molecule has 4 aromatic rings. The normalized spacial score (nSPS) is 18.9. The zero-order valence-corrected chi connectivity index (χ0v) is 20.5. The number of hydrogen-bond donors (Lipinski definition) is 1. The van der Waals surface area contributed by atoms with Crippen molar-refractivity contribution in [3.8, 4) is 34.0 Å². The Kier molecular flexibility index (Phi) is 6.02. The lowest BCUT2D eigenvalue weighted by Gasteiger charge is -2.32. The van der Waals surface area contributed by atoms with Crippen LogP contribution in [0.15, 0.2) is 57.6 Å². The van der Waals surface area contributed by atoms with Crippen LogP contribution in [0.25, 0.3) is 38.9 Å². The highest BCUT2D eigenvalue weighted by molar-refractivity contribution is 5.79. The molecule has 0 saturated heterocycles. The summed E-state index contributed by atoms with van der Waals surface area (Å²) in [5.74, 6) is -1.49. The fourth-order valence-corrected chi connectivity index (χ4v) is 5.66. The smallest absolute Gasteiger partial charge is 0.422 e. The fraction of sp³-hybridized carbons (Fsp3) is 0.310. The summed E-state index contributed by atoms with van der Waals surface area (Å²) in [6.45, 7) is 7.69. The standard InChI is InChI=1S/C29H22F3N3O4/c1-33-22(13-15-11-19(12-15)28(36)37)18-8-9-20-17(14-18)7-10-21-25(20)35-38-26(21)27-23(29(30,31)32)24(34-39-27)16-5-3-2-4-6-16/h2-6,8-9,14-15,19,22H,7,10-13H2,(H,36,37). The Morgan fingerprint density at radius 2 is 1.77 bits per heavy atom. The second-order valence-electron chi connectivity index (χ2n) is 10.1. The Balaban J connectivity index is 1.31. The minimum Gasteiger partial charge on any atom is -0.481 e. The van der Waals surface area contributed by atoms with E-state index in [9.17, 15) is 18.0 Å². The van der Waals surface area contributed by atoms with E-state index in [1.54, 1.807) is 18.2 Å². The topological polar surface area (TPSA) is 93.7 Å².